The standard InChI is InChI=1S/C9H7BrN2S/c1-6-2-7(4-13-6)8-3-11-5-12-9(8)10/h2-5H,1H3. The van der Waals surface area contributed by atoms with Crippen molar-refractivity contribution in [2.45, 2.75) is 6.92 Å². The van der Waals surface area contributed by atoms with Gasteiger partial charge in [-0.2, -0.15) is 0 Å². The van der Waals surface area contributed by atoms with E-state index in [1.807, 2.05) is 6.20 Å². The molecule has 0 fully saturated rings. The lowest BCUT2D eigenvalue weighted by molar-refractivity contribution is 1.14. The van der Waals surface area contributed by atoms with Crippen LogP contribution in [0.4, 0.5) is 0 Å². The molecule has 0 saturated carbocycles. The average molecular weight is 255 g/mol. The Bertz CT molecular complexity index is 425. The van der Waals surface area contributed by atoms with Crippen molar-refractivity contribution in [2.75, 3.05) is 0 Å². The van der Waals surface area contributed by atoms with E-state index < -0.39 is 0 Å². The number of nitrogens with zero attached hydrogens (tertiary/aromatic N) is 2. The highest BCUT2D eigenvalue weighted by Crippen LogP contribution is 2.28. The van der Waals surface area contributed by atoms with Crippen LogP contribution in [0.5, 0.6) is 0 Å². The highest BCUT2D eigenvalue weighted by atomic mass is 79.9. The molecule has 0 aliphatic rings. The first-order chi connectivity index (χ1) is 6.27. The Morgan fingerprint density at radius 2 is 2.31 bits per heavy atom. The van der Waals surface area contributed by atoms with Crippen molar-refractivity contribution in [3.63, 3.8) is 0 Å². The number of aryl methyl sites for hydroxylation is 1. The van der Waals surface area contributed by atoms with Crippen LogP contribution in [0.1, 0.15) is 4.88 Å². The lowest BCUT2D eigenvalue weighted by Crippen LogP contribution is -1.83. The summed E-state index contributed by atoms with van der Waals surface area (Å²) in [5, 5.41) is 2.11. The number of hydrogen-bond donors (Lipinski definition) is 0. The normalized spacial score (nSPS) is 10.3. The molecule has 2 aromatic rings. The van der Waals surface area contributed by atoms with Gasteiger partial charge in [0.05, 0.1) is 0 Å². The maximum Gasteiger partial charge on any atom is 0.117 e. The minimum absolute atomic E-state index is 0.848. The molecule has 0 spiro atoms. The van der Waals surface area contributed by atoms with E-state index in [1.165, 1.54) is 16.8 Å². The van der Waals surface area contributed by atoms with E-state index in [1.54, 1.807) is 11.3 Å². The van der Waals surface area contributed by atoms with Gasteiger partial charge in [0.1, 0.15) is 10.9 Å². The predicted octanol–water partition coefficient (Wildman–Crippen LogP) is 3.28. The first-order valence-corrected chi connectivity index (χ1v) is 5.45. The SMILES string of the molecule is Cc1cc(-c2cncnc2Br)cs1. The van der Waals surface area contributed by atoms with Crippen molar-refractivity contribution in [1.82, 2.24) is 9.97 Å². The van der Waals surface area contributed by atoms with Gasteiger partial charge in [0.25, 0.3) is 0 Å². The van der Waals surface area contributed by atoms with Crippen molar-refractivity contribution in [3.8, 4) is 11.1 Å². The van der Waals surface area contributed by atoms with Gasteiger partial charge in [-0.25, -0.2) is 9.97 Å². The molecule has 0 saturated heterocycles. The van der Waals surface area contributed by atoms with Gasteiger partial charge >= 0.3 is 0 Å². The Balaban J connectivity index is 2.52. The van der Waals surface area contributed by atoms with Gasteiger partial charge in [-0.05, 0) is 39.9 Å². The fourth-order valence-electron chi connectivity index (χ4n) is 1.09. The summed E-state index contributed by atoms with van der Waals surface area (Å²) in [6, 6.07) is 2.13. The largest absolute Gasteiger partial charge is 0.244 e. The van der Waals surface area contributed by atoms with Gasteiger partial charge < -0.3 is 0 Å². The van der Waals surface area contributed by atoms with E-state index in [9.17, 15) is 0 Å². The molecule has 0 aromatic carbocycles. The van der Waals surface area contributed by atoms with Gasteiger partial charge in [0, 0.05) is 16.6 Å². The first kappa shape index (κ1) is 8.84. The quantitative estimate of drug-likeness (QED) is 0.731. The average Bonchev–Trinajstić information content (AvgIpc) is 2.53. The second-order valence-electron chi connectivity index (χ2n) is 2.67. The molecule has 2 rings (SSSR count). The minimum Gasteiger partial charge on any atom is -0.244 e. The summed E-state index contributed by atoms with van der Waals surface area (Å²) < 4.78 is 0.848. The molecule has 2 aromatic heterocycles. The summed E-state index contributed by atoms with van der Waals surface area (Å²) in [7, 11) is 0. The monoisotopic (exact) mass is 254 g/mol. The molecule has 0 aliphatic carbocycles. The third-order valence-electron chi connectivity index (χ3n) is 1.71. The van der Waals surface area contributed by atoms with Crippen LogP contribution in [0.2, 0.25) is 0 Å². The van der Waals surface area contributed by atoms with Crippen LogP contribution in [0.15, 0.2) is 28.6 Å². The molecule has 2 nitrogen and oxygen atoms in total. The molecule has 0 N–H and O–H groups in total. The van der Waals surface area contributed by atoms with Crippen LogP contribution in [0.25, 0.3) is 11.1 Å². The third-order valence-corrected chi connectivity index (χ3v) is 3.20. The lowest BCUT2D eigenvalue weighted by atomic mass is 10.2. The second kappa shape index (κ2) is 3.55. The predicted molar refractivity (Wildman–Crippen MR) is 57.8 cm³/mol. The Morgan fingerprint density at radius 3 is 2.92 bits per heavy atom. The molecule has 66 valence electrons. The molecule has 0 atom stereocenters. The molecule has 0 unspecified atom stereocenters. The van der Waals surface area contributed by atoms with Crippen molar-refractivity contribution >= 4 is 27.3 Å². The van der Waals surface area contributed by atoms with Crippen molar-refractivity contribution in [3.05, 3.63) is 33.5 Å². The lowest BCUT2D eigenvalue weighted by Gasteiger charge is -1.97. The van der Waals surface area contributed by atoms with Crippen LogP contribution in [0.3, 0.4) is 0 Å². The van der Waals surface area contributed by atoms with Crippen molar-refractivity contribution in [1.29, 1.82) is 0 Å². The summed E-state index contributed by atoms with van der Waals surface area (Å²) in [4.78, 5) is 9.37. The summed E-state index contributed by atoms with van der Waals surface area (Å²) in [5.41, 5.74) is 2.22. The van der Waals surface area contributed by atoms with Gasteiger partial charge in [0.15, 0.2) is 0 Å². The number of thiophene rings is 1. The molecule has 0 aliphatic heterocycles. The van der Waals surface area contributed by atoms with E-state index in [-0.39, 0.29) is 0 Å². The molecular formula is C9H7BrN2S. The van der Waals surface area contributed by atoms with Gasteiger partial charge in [0.2, 0.25) is 0 Å². The summed E-state index contributed by atoms with van der Waals surface area (Å²) in [6.07, 6.45) is 3.35. The fraction of sp³-hybridized carbons (Fsp3) is 0.111. The Morgan fingerprint density at radius 1 is 1.46 bits per heavy atom. The topological polar surface area (TPSA) is 25.8 Å². The molecule has 0 bridgehead atoms. The van der Waals surface area contributed by atoms with Gasteiger partial charge in [-0.15, -0.1) is 11.3 Å². The number of rotatable bonds is 1. The molecule has 2 heterocycles. The summed E-state index contributed by atoms with van der Waals surface area (Å²) >= 11 is 5.13. The minimum atomic E-state index is 0.848. The Hall–Kier alpha value is -0.740. The number of aromatic nitrogens is 2. The highest BCUT2D eigenvalue weighted by Gasteiger charge is 2.04. The third kappa shape index (κ3) is 1.78. The van der Waals surface area contributed by atoms with Crippen LogP contribution < -0.4 is 0 Å². The van der Waals surface area contributed by atoms with Crippen molar-refractivity contribution in [2.24, 2.45) is 0 Å². The fourth-order valence-corrected chi connectivity index (χ4v) is 2.22. The van der Waals surface area contributed by atoms with Crippen LogP contribution in [-0.4, -0.2) is 9.97 Å². The van der Waals surface area contributed by atoms with Gasteiger partial charge in [-0.3, -0.25) is 0 Å². The van der Waals surface area contributed by atoms with E-state index in [0.29, 0.717) is 0 Å². The van der Waals surface area contributed by atoms with E-state index in [4.69, 9.17) is 0 Å². The molecule has 0 radical (unpaired) electrons. The van der Waals surface area contributed by atoms with E-state index >= 15 is 0 Å². The maximum absolute atomic E-state index is 4.07. The zero-order chi connectivity index (χ0) is 9.26. The van der Waals surface area contributed by atoms with Crippen LogP contribution in [-0.2, 0) is 0 Å². The second-order valence-corrected chi connectivity index (χ2v) is 4.54. The first-order valence-electron chi connectivity index (χ1n) is 3.78. The number of halogens is 1. The van der Waals surface area contributed by atoms with E-state index in [0.717, 1.165) is 10.2 Å². The molecule has 4 heteroatoms. The summed E-state index contributed by atoms with van der Waals surface area (Å²) in [6.45, 7) is 2.09. The number of hydrogen-bond acceptors (Lipinski definition) is 3. The zero-order valence-electron chi connectivity index (χ0n) is 6.99. The van der Waals surface area contributed by atoms with Gasteiger partial charge in [-0.1, -0.05) is 0 Å². The maximum atomic E-state index is 4.07. The molecule has 0 amide bonds. The Kier molecular flexibility index (Phi) is 2.42. The molecule has 13 heavy (non-hydrogen) atoms. The molecular weight excluding hydrogens is 248 g/mol. The zero-order valence-corrected chi connectivity index (χ0v) is 9.39. The smallest absolute Gasteiger partial charge is 0.117 e. The summed E-state index contributed by atoms with van der Waals surface area (Å²) in [5.74, 6) is 0. The van der Waals surface area contributed by atoms with E-state index in [2.05, 4.69) is 44.3 Å². The van der Waals surface area contributed by atoms with Crippen LogP contribution in [0, 0.1) is 6.92 Å². The van der Waals surface area contributed by atoms with Crippen LogP contribution >= 0.6 is 27.3 Å². The van der Waals surface area contributed by atoms with Crippen molar-refractivity contribution < 1.29 is 0 Å². The highest BCUT2D eigenvalue weighted by molar-refractivity contribution is 9.10. The Labute approximate surface area is 88.8 Å².